The van der Waals surface area contributed by atoms with Gasteiger partial charge >= 0.3 is 0 Å². The Bertz CT molecular complexity index is 404. The molecule has 1 rings (SSSR count). The molecule has 0 aliphatic rings. The Hall–Kier alpha value is -1.37. The molecular formula is C10H11F5N2. The van der Waals surface area contributed by atoms with Crippen LogP contribution in [-0.2, 0) is 0 Å². The lowest BCUT2D eigenvalue weighted by atomic mass is 10.2. The van der Waals surface area contributed by atoms with Crippen molar-refractivity contribution in [3.05, 3.63) is 29.1 Å². The molecule has 1 atom stereocenters. The van der Waals surface area contributed by atoms with Crippen LogP contribution in [0.5, 0.6) is 0 Å². The minimum Gasteiger partial charge on any atom is -0.368 e. The molecule has 0 radical (unpaired) electrons. The standard InChI is InChI=1S/C10H11F5N2/c1-4(16)3-17(2)10-8(14)6(12)5(11)7(13)9(10)15/h4H,3,16H2,1-2H3. The lowest BCUT2D eigenvalue weighted by Crippen LogP contribution is -2.34. The Morgan fingerprint density at radius 1 is 0.941 bits per heavy atom. The summed E-state index contributed by atoms with van der Waals surface area (Å²) in [4.78, 5) is 0.890. The number of likely N-dealkylation sites (N-methyl/N-ethyl adjacent to an activating group) is 1. The van der Waals surface area contributed by atoms with Gasteiger partial charge in [-0.2, -0.15) is 0 Å². The first-order valence-corrected chi connectivity index (χ1v) is 4.75. The van der Waals surface area contributed by atoms with Crippen LogP contribution in [-0.4, -0.2) is 19.6 Å². The monoisotopic (exact) mass is 254 g/mol. The van der Waals surface area contributed by atoms with E-state index in [1.54, 1.807) is 6.92 Å². The molecule has 0 amide bonds. The number of halogens is 5. The fourth-order valence-corrected chi connectivity index (χ4v) is 1.45. The molecule has 0 aliphatic heterocycles. The van der Waals surface area contributed by atoms with Crippen molar-refractivity contribution in [2.24, 2.45) is 5.73 Å². The first-order chi connectivity index (χ1) is 7.77. The Morgan fingerprint density at radius 3 is 1.65 bits per heavy atom. The SMILES string of the molecule is CC(N)CN(C)c1c(F)c(F)c(F)c(F)c1F. The molecule has 0 saturated heterocycles. The molecule has 7 heteroatoms. The number of nitrogens with two attached hydrogens (primary N) is 1. The molecule has 0 aromatic heterocycles. The fourth-order valence-electron chi connectivity index (χ4n) is 1.45. The van der Waals surface area contributed by atoms with E-state index in [4.69, 9.17) is 5.73 Å². The first kappa shape index (κ1) is 13.7. The molecule has 0 saturated carbocycles. The molecule has 1 aromatic rings. The average Bonchev–Trinajstić information content (AvgIpc) is 2.23. The summed E-state index contributed by atoms with van der Waals surface area (Å²) in [5, 5.41) is 0. The van der Waals surface area contributed by atoms with Crippen molar-refractivity contribution in [3.8, 4) is 0 Å². The summed E-state index contributed by atoms with van der Waals surface area (Å²) >= 11 is 0. The second-order valence-corrected chi connectivity index (χ2v) is 3.78. The van der Waals surface area contributed by atoms with Crippen LogP contribution in [0.1, 0.15) is 6.92 Å². The first-order valence-electron chi connectivity index (χ1n) is 4.75. The van der Waals surface area contributed by atoms with Crippen molar-refractivity contribution in [3.63, 3.8) is 0 Å². The fraction of sp³-hybridized carbons (Fsp3) is 0.400. The molecule has 17 heavy (non-hydrogen) atoms. The summed E-state index contributed by atoms with van der Waals surface area (Å²) in [5.41, 5.74) is 4.42. The summed E-state index contributed by atoms with van der Waals surface area (Å²) < 4.78 is 65.1. The summed E-state index contributed by atoms with van der Waals surface area (Å²) in [6.45, 7) is 1.50. The molecule has 0 spiro atoms. The van der Waals surface area contributed by atoms with Crippen molar-refractivity contribution in [2.45, 2.75) is 13.0 Å². The van der Waals surface area contributed by atoms with E-state index in [-0.39, 0.29) is 6.54 Å². The van der Waals surface area contributed by atoms with Crippen LogP contribution in [0.2, 0.25) is 0 Å². The number of nitrogens with zero attached hydrogens (tertiary/aromatic N) is 1. The molecule has 96 valence electrons. The quantitative estimate of drug-likeness (QED) is 0.509. The van der Waals surface area contributed by atoms with Crippen molar-refractivity contribution in [2.75, 3.05) is 18.5 Å². The summed E-state index contributed by atoms with van der Waals surface area (Å²) in [7, 11) is 1.20. The highest BCUT2D eigenvalue weighted by atomic mass is 19.2. The maximum atomic E-state index is 13.3. The molecule has 0 bridgehead atoms. The largest absolute Gasteiger partial charge is 0.368 e. The van der Waals surface area contributed by atoms with Gasteiger partial charge in [0, 0.05) is 19.6 Å². The minimum atomic E-state index is -2.17. The third-order valence-corrected chi connectivity index (χ3v) is 2.13. The highest BCUT2D eigenvalue weighted by Crippen LogP contribution is 2.29. The third kappa shape index (κ3) is 2.49. The van der Waals surface area contributed by atoms with Crippen molar-refractivity contribution >= 4 is 5.69 Å². The van der Waals surface area contributed by atoms with Gasteiger partial charge in [-0.25, -0.2) is 22.0 Å². The molecule has 2 nitrogen and oxygen atoms in total. The van der Waals surface area contributed by atoms with Gasteiger partial charge in [0.1, 0.15) is 5.69 Å². The zero-order valence-electron chi connectivity index (χ0n) is 9.20. The van der Waals surface area contributed by atoms with E-state index < -0.39 is 40.8 Å². The van der Waals surface area contributed by atoms with Crippen LogP contribution in [0.15, 0.2) is 0 Å². The minimum absolute atomic E-state index is 0.0433. The van der Waals surface area contributed by atoms with Crippen LogP contribution < -0.4 is 10.6 Å². The zero-order chi connectivity index (χ0) is 13.3. The van der Waals surface area contributed by atoms with E-state index in [2.05, 4.69) is 0 Å². The molecular weight excluding hydrogens is 243 g/mol. The Balaban J connectivity index is 3.33. The predicted molar refractivity (Wildman–Crippen MR) is 53.2 cm³/mol. The van der Waals surface area contributed by atoms with E-state index >= 15 is 0 Å². The number of benzene rings is 1. The molecule has 1 aromatic carbocycles. The smallest absolute Gasteiger partial charge is 0.200 e. The van der Waals surface area contributed by atoms with E-state index in [1.165, 1.54) is 7.05 Å². The van der Waals surface area contributed by atoms with E-state index in [0.717, 1.165) is 4.90 Å². The van der Waals surface area contributed by atoms with Gasteiger partial charge in [0.05, 0.1) is 0 Å². The second kappa shape index (κ2) is 4.87. The highest BCUT2D eigenvalue weighted by molar-refractivity contribution is 5.50. The molecule has 1 unspecified atom stereocenters. The zero-order valence-corrected chi connectivity index (χ0v) is 9.20. The third-order valence-electron chi connectivity index (χ3n) is 2.13. The molecule has 2 N–H and O–H groups in total. The van der Waals surface area contributed by atoms with Gasteiger partial charge in [0.25, 0.3) is 0 Å². The van der Waals surface area contributed by atoms with Crippen LogP contribution in [0.25, 0.3) is 0 Å². The van der Waals surface area contributed by atoms with Gasteiger partial charge in [0.15, 0.2) is 23.3 Å². The van der Waals surface area contributed by atoms with Gasteiger partial charge in [-0.05, 0) is 6.92 Å². The van der Waals surface area contributed by atoms with Crippen LogP contribution in [0, 0.1) is 29.1 Å². The number of hydrogen-bond donors (Lipinski definition) is 1. The van der Waals surface area contributed by atoms with E-state index in [9.17, 15) is 22.0 Å². The lowest BCUT2D eigenvalue weighted by molar-refractivity contribution is 0.378. The highest BCUT2D eigenvalue weighted by Gasteiger charge is 2.27. The number of hydrogen-bond acceptors (Lipinski definition) is 2. The maximum absolute atomic E-state index is 13.3. The molecule has 0 heterocycles. The average molecular weight is 254 g/mol. The van der Waals surface area contributed by atoms with Crippen molar-refractivity contribution in [1.29, 1.82) is 0 Å². The predicted octanol–water partition coefficient (Wildman–Crippen LogP) is 2.17. The topological polar surface area (TPSA) is 29.3 Å². The van der Waals surface area contributed by atoms with Gasteiger partial charge < -0.3 is 10.6 Å². The normalized spacial score (nSPS) is 12.7. The molecule has 0 aliphatic carbocycles. The van der Waals surface area contributed by atoms with Crippen molar-refractivity contribution in [1.82, 2.24) is 0 Å². The lowest BCUT2D eigenvalue weighted by Gasteiger charge is -2.22. The number of rotatable bonds is 3. The van der Waals surface area contributed by atoms with E-state index in [0.29, 0.717) is 0 Å². The van der Waals surface area contributed by atoms with Crippen LogP contribution in [0.3, 0.4) is 0 Å². The maximum Gasteiger partial charge on any atom is 0.200 e. The summed E-state index contributed by atoms with van der Waals surface area (Å²) in [6.07, 6.45) is 0. The Kier molecular flexibility index (Phi) is 3.92. The van der Waals surface area contributed by atoms with Gasteiger partial charge in [-0.3, -0.25) is 0 Å². The number of anilines is 1. The Morgan fingerprint density at radius 2 is 1.29 bits per heavy atom. The van der Waals surface area contributed by atoms with Gasteiger partial charge in [0.2, 0.25) is 5.82 Å². The van der Waals surface area contributed by atoms with Gasteiger partial charge in [-0.15, -0.1) is 0 Å². The van der Waals surface area contributed by atoms with E-state index in [1.807, 2.05) is 0 Å². The van der Waals surface area contributed by atoms with Crippen molar-refractivity contribution < 1.29 is 22.0 Å². The molecule has 0 fully saturated rings. The second-order valence-electron chi connectivity index (χ2n) is 3.78. The van der Waals surface area contributed by atoms with Crippen LogP contribution >= 0.6 is 0 Å². The summed E-state index contributed by atoms with van der Waals surface area (Å²) in [6, 6.07) is -0.477. The van der Waals surface area contributed by atoms with Gasteiger partial charge in [-0.1, -0.05) is 0 Å². The van der Waals surface area contributed by atoms with Crippen LogP contribution in [0.4, 0.5) is 27.6 Å². The summed E-state index contributed by atoms with van der Waals surface area (Å²) in [5.74, 6) is -9.81. The Labute approximate surface area is 94.8 Å².